The number of benzene rings is 2. The van der Waals surface area contributed by atoms with Crippen LogP contribution in [0.1, 0.15) is 26.3 Å². The summed E-state index contributed by atoms with van der Waals surface area (Å²) in [5, 5.41) is 11.1. The summed E-state index contributed by atoms with van der Waals surface area (Å²) >= 11 is 0. The summed E-state index contributed by atoms with van der Waals surface area (Å²) in [5.41, 5.74) is 0.0281. The molecule has 0 unspecified atom stereocenters. The van der Waals surface area contributed by atoms with E-state index in [2.05, 4.69) is 5.32 Å². The third-order valence-electron chi connectivity index (χ3n) is 2.82. The number of anilines is 1. The van der Waals surface area contributed by atoms with Crippen LogP contribution in [0.3, 0.4) is 0 Å². The van der Waals surface area contributed by atoms with Gasteiger partial charge < -0.3 is 10.4 Å². The fraction of sp³-hybridized carbons (Fsp3) is 0.0667. The molecule has 1 amide bonds. The highest BCUT2D eigenvalue weighted by molar-refractivity contribution is 6.05. The van der Waals surface area contributed by atoms with Gasteiger partial charge in [-0.1, -0.05) is 11.6 Å². The number of carboxylic acids is 1. The smallest absolute Gasteiger partial charge is 0.338 e. The molecule has 0 atom stereocenters. The summed E-state index contributed by atoms with van der Waals surface area (Å²) in [7, 11) is 0. The predicted octanol–water partition coefficient (Wildman–Crippen LogP) is 3.22. The van der Waals surface area contributed by atoms with E-state index in [9.17, 15) is 18.4 Å². The third kappa shape index (κ3) is 3.22. The number of hydrogen-bond donors (Lipinski definition) is 2. The molecule has 0 aromatic heterocycles. The van der Waals surface area contributed by atoms with Crippen molar-refractivity contribution in [1.82, 2.24) is 0 Å². The van der Waals surface area contributed by atoms with Gasteiger partial charge in [0.2, 0.25) is 0 Å². The monoisotopic (exact) mass is 291 g/mol. The maximum Gasteiger partial charge on any atom is 0.338 e. The van der Waals surface area contributed by atoms with Gasteiger partial charge in [-0.15, -0.1) is 0 Å². The van der Waals surface area contributed by atoms with E-state index in [-0.39, 0.29) is 11.3 Å². The predicted molar refractivity (Wildman–Crippen MR) is 72.4 cm³/mol. The molecule has 0 saturated carbocycles. The van der Waals surface area contributed by atoms with Crippen molar-refractivity contribution in [3.8, 4) is 0 Å². The summed E-state index contributed by atoms with van der Waals surface area (Å²) in [6.45, 7) is 1.71. The molecule has 108 valence electrons. The van der Waals surface area contributed by atoms with Gasteiger partial charge in [0.05, 0.1) is 11.1 Å². The summed E-state index contributed by atoms with van der Waals surface area (Å²) in [4.78, 5) is 22.8. The zero-order chi connectivity index (χ0) is 15.6. The zero-order valence-electron chi connectivity index (χ0n) is 11.0. The Morgan fingerprint density at radius 2 is 1.62 bits per heavy atom. The van der Waals surface area contributed by atoms with Crippen LogP contribution in [0, 0.1) is 18.6 Å². The van der Waals surface area contributed by atoms with Gasteiger partial charge in [0, 0.05) is 5.69 Å². The number of carboxylic acid groups (broad SMARTS) is 1. The molecule has 0 spiro atoms. The fourth-order valence-electron chi connectivity index (χ4n) is 1.78. The molecule has 2 rings (SSSR count). The molecule has 21 heavy (non-hydrogen) atoms. The number of carbonyl (C=O) groups excluding carboxylic acids is 1. The highest BCUT2D eigenvalue weighted by atomic mass is 19.1. The van der Waals surface area contributed by atoms with Gasteiger partial charge in [0.15, 0.2) is 0 Å². The van der Waals surface area contributed by atoms with Gasteiger partial charge >= 0.3 is 5.97 Å². The quantitative estimate of drug-likeness (QED) is 0.912. The molecule has 0 aliphatic heterocycles. The van der Waals surface area contributed by atoms with Gasteiger partial charge in [-0.05, 0) is 37.3 Å². The summed E-state index contributed by atoms with van der Waals surface area (Å²) in [5.74, 6) is -3.80. The van der Waals surface area contributed by atoms with Crippen LogP contribution in [0.15, 0.2) is 36.4 Å². The standard InChI is InChI=1S/C15H11F2NO3/c1-8-2-4-12(16)10(6-8)14(19)18-9-3-5-13(17)11(7-9)15(20)21/h2-7H,1H3,(H,18,19)(H,20,21). The number of rotatable bonds is 3. The normalized spacial score (nSPS) is 10.2. The van der Waals surface area contributed by atoms with E-state index >= 15 is 0 Å². The minimum atomic E-state index is -1.45. The molecule has 0 saturated heterocycles. The van der Waals surface area contributed by atoms with Gasteiger partial charge in [-0.2, -0.15) is 0 Å². The minimum absolute atomic E-state index is 0.0692. The van der Waals surface area contributed by atoms with Gasteiger partial charge in [0.1, 0.15) is 11.6 Å². The second-order valence-corrected chi connectivity index (χ2v) is 4.44. The highest BCUT2D eigenvalue weighted by Gasteiger charge is 2.15. The number of aryl methyl sites for hydroxylation is 1. The Labute approximate surface area is 119 Å². The summed E-state index contributed by atoms with van der Waals surface area (Å²) < 4.78 is 26.8. The van der Waals surface area contributed by atoms with Crippen molar-refractivity contribution in [2.75, 3.05) is 5.32 Å². The Morgan fingerprint density at radius 1 is 1.00 bits per heavy atom. The van der Waals surface area contributed by atoms with Gasteiger partial charge in [0.25, 0.3) is 5.91 Å². The summed E-state index contributed by atoms with van der Waals surface area (Å²) in [6.07, 6.45) is 0. The maximum absolute atomic E-state index is 13.6. The number of aromatic carboxylic acids is 1. The summed E-state index contributed by atoms with van der Waals surface area (Å²) in [6, 6.07) is 7.15. The second-order valence-electron chi connectivity index (χ2n) is 4.44. The van der Waals surface area contributed by atoms with E-state index < -0.39 is 29.1 Å². The minimum Gasteiger partial charge on any atom is -0.478 e. The second kappa shape index (κ2) is 5.70. The van der Waals surface area contributed by atoms with E-state index in [1.54, 1.807) is 6.92 Å². The lowest BCUT2D eigenvalue weighted by Gasteiger charge is -2.08. The fourth-order valence-corrected chi connectivity index (χ4v) is 1.78. The van der Waals surface area contributed by atoms with Gasteiger partial charge in [-0.25, -0.2) is 13.6 Å². The number of halogens is 2. The lowest BCUT2D eigenvalue weighted by molar-refractivity contribution is 0.0691. The highest BCUT2D eigenvalue weighted by Crippen LogP contribution is 2.17. The van der Waals surface area contributed by atoms with Crippen LogP contribution in [-0.4, -0.2) is 17.0 Å². The van der Waals surface area contributed by atoms with E-state index in [0.717, 1.165) is 18.2 Å². The van der Waals surface area contributed by atoms with E-state index in [0.29, 0.717) is 5.56 Å². The first-order valence-electron chi connectivity index (χ1n) is 5.99. The molecule has 0 radical (unpaired) electrons. The molecule has 0 bridgehead atoms. The molecule has 0 fully saturated rings. The molecule has 2 aromatic carbocycles. The molecule has 0 aliphatic carbocycles. The van der Waals surface area contributed by atoms with Crippen molar-refractivity contribution in [1.29, 1.82) is 0 Å². The Kier molecular flexibility index (Phi) is 3.98. The van der Waals surface area contributed by atoms with Gasteiger partial charge in [-0.3, -0.25) is 4.79 Å². The number of amides is 1. The van der Waals surface area contributed by atoms with E-state index in [1.807, 2.05) is 0 Å². The van der Waals surface area contributed by atoms with Crippen LogP contribution < -0.4 is 5.32 Å². The average molecular weight is 291 g/mol. The third-order valence-corrected chi connectivity index (χ3v) is 2.82. The van der Waals surface area contributed by atoms with Crippen LogP contribution in [0.2, 0.25) is 0 Å². The average Bonchev–Trinajstić information content (AvgIpc) is 2.43. The zero-order valence-corrected chi connectivity index (χ0v) is 11.0. The molecular formula is C15H11F2NO3. The van der Waals surface area contributed by atoms with Crippen LogP contribution in [0.25, 0.3) is 0 Å². The Bertz CT molecular complexity index is 729. The Hall–Kier alpha value is -2.76. The number of hydrogen-bond acceptors (Lipinski definition) is 2. The molecule has 6 heteroatoms. The Morgan fingerprint density at radius 3 is 2.29 bits per heavy atom. The van der Waals surface area contributed by atoms with Crippen LogP contribution >= 0.6 is 0 Å². The SMILES string of the molecule is Cc1ccc(F)c(C(=O)Nc2ccc(F)c(C(=O)O)c2)c1. The first-order valence-corrected chi connectivity index (χ1v) is 5.99. The molecule has 2 N–H and O–H groups in total. The molecule has 4 nitrogen and oxygen atoms in total. The van der Waals surface area contributed by atoms with Crippen molar-refractivity contribution in [2.45, 2.75) is 6.92 Å². The Balaban J connectivity index is 2.29. The van der Waals surface area contributed by atoms with Crippen molar-refractivity contribution in [3.63, 3.8) is 0 Å². The van der Waals surface area contributed by atoms with Crippen LogP contribution in [0.5, 0.6) is 0 Å². The van der Waals surface area contributed by atoms with Crippen LogP contribution in [-0.2, 0) is 0 Å². The van der Waals surface area contributed by atoms with Crippen molar-refractivity contribution in [2.24, 2.45) is 0 Å². The molecule has 2 aromatic rings. The van der Waals surface area contributed by atoms with E-state index in [4.69, 9.17) is 5.11 Å². The molecule has 0 aliphatic rings. The topological polar surface area (TPSA) is 66.4 Å². The van der Waals surface area contributed by atoms with Crippen LogP contribution in [0.4, 0.5) is 14.5 Å². The van der Waals surface area contributed by atoms with Crippen molar-refractivity contribution < 1.29 is 23.5 Å². The number of nitrogens with one attached hydrogen (secondary N) is 1. The molecular weight excluding hydrogens is 280 g/mol. The largest absolute Gasteiger partial charge is 0.478 e. The lowest BCUT2D eigenvalue weighted by Crippen LogP contribution is -2.14. The number of carbonyl (C=O) groups is 2. The first kappa shape index (κ1) is 14.6. The first-order chi connectivity index (χ1) is 9.88. The lowest BCUT2D eigenvalue weighted by atomic mass is 10.1. The van der Waals surface area contributed by atoms with E-state index in [1.165, 1.54) is 18.2 Å². The van der Waals surface area contributed by atoms with Crippen molar-refractivity contribution in [3.05, 3.63) is 64.7 Å². The maximum atomic E-state index is 13.6. The molecule has 0 heterocycles. The van der Waals surface area contributed by atoms with Crippen molar-refractivity contribution >= 4 is 17.6 Å².